The number of carbonyl (C=O) groups is 1. The zero-order valence-corrected chi connectivity index (χ0v) is 12.5. The standard InChI is InChI=1S/C16H30O2/c1-4-18-16(12-7-5-6-8-13-16)15(17)11-9-10-14(2)3/h14H,4-13H2,1-3H3. The van der Waals surface area contributed by atoms with Crippen molar-refractivity contribution in [3.05, 3.63) is 0 Å². The Morgan fingerprint density at radius 3 is 2.28 bits per heavy atom. The predicted octanol–water partition coefficient (Wildman–Crippen LogP) is 4.51. The van der Waals surface area contributed by atoms with Gasteiger partial charge in [0, 0.05) is 13.0 Å². The van der Waals surface area contributed by atoms with Gasteiger partial charge in [0.1, 0.15) is 5.60 Å². The summed E-state index contributed by atoms with van der Waals surface area (Å²) in [7, 11) is 0. The van der Waals surface area contributed by atoms with Crippen LogP contribution in [-0.2, 0) is 9.53 Å². The van der Waals surface area contributed by atoms with Crippen LogP contribution >= 0.6 is 0 Å². The zero-order chi connectivity index (χ0) is 13.4. The van der Waals surface area contributed by atoms with Crippen molar-refractivity contribution in [3.63, 3.8) is 0 Å². The van der Waals surface area contributed by atoms with E-state index in [2.05, 4.69) is 13.8 Å². The molecule has 0 radical (unpaired) electrons. The fraction of sp³-hybridized carbons (Fsp3) is 0.938. The zero-order valence-electron chi connectivity index (χ0n) is 12.5. The summed E-state index contributed by atoms with van der Waals surface area (Å²) in [6.45, 7) is 7.10. The minimum absolute atomic E-state index is 0.368. The van der Waals surface area contributed by atoms with Crippen LogP contribution in [0, 0.1) is 5.92 Å². The Labute approximate surface area is 112 Å². The van der Waals surface area contributed by atoms with Crippen LogP contribution in [0.1, 0.15) is 78.6 Å². The van der Waals surface area contributed by atoms with E-state index in [0.29, 0.717) is 24.7 Å². The summed E-state index contributed by atoms with van der Waals surface area (Å²) < 4.78 is 5.92. The molecule has 0 heterocycles. The average Bonchev–Trinajstić information content (AvgIpc) is 2.55. The SMILES string of the molecule is CCOC1(C(=O)CCCC(C)C)CCCCCC1. The molecule has 2 heteroatoms. The van der Waals surface area contributed by atoms with E-state index in [-0.39, 0.29) is 0 Å². The number of Topliss-reactive ketones (excluding diaryl/α,β-unsaturated/α-hetero) is 1. The molecule has 0 unspecified atom stereocenters. The summed E-state index contributed by atoms with van der Waals surface area (Å²) in [6, 6.07) is 0. The lowest BCUT2D eigenvalue weighted by Crippen LogP contribution is -2.41. The summed E-state index contributed by atoms with van der Waals surface area (Å²) in [5.74, 6) is 1.06. The van der Waals surface area contributed by atoms with Gasteiger partial charge in [-0.25, -0.2) is 0 Å². The molecule has 106 valence electrons. The monoisotopic (exact) mass is 254 g/mol. The quantitative estimate of drug-likeness (QED) is 0.625. The van der Waals surface area contributed by atoms with Crippen molar-refractivity contribution in [1.82, 2.24) is 0 Å². The summed E-state index contributed by atoms with van der Waals surface area (Å²) in [5, 5.41) is 0. The van der Waals surface area contributed by atoms with Crippen molar-refractivity contribution in [2.24, 2.45) is 5.92 Å². The highest BCUT2D eigenvalue weighted by Crippen LogP contribution is 2.33. The van der Waals surface area contributed by atoms with E-state index in [1.165, 1.54) is 12.8 Å². The highest BCUT2D eigenvalue weighted by molar-refractivity contribution is 5.87. The van der Waals surface area contributed by atoms with Crippen LogP contribution in [-0.4, -0.2) is 18.0 Å². The first kappa shape index (κ1) is 15.7. The Balaban J connectivity index is 2.55. The molecule has 1 fully saturated rings. The van der Waals surface area contributed by atoms with Crippen LogP contribution in [0.3, 0.4) is 0 Å². The molecule has 0 aromatic rings. The summed E-state index contributed by atoms with van der Waals surface area (Å²) in [6.07, 6.45) is 9.58. The third-order valence-corrected chi connectivity index (χ3v) is 4.03. The molecule has 2 nitrogen and oxygen atoms in total. The van der Waals surface area contributed by atoms with Crippen LogP contribution in [0.2, 0.25) is 0 Å². The highest BCUT2D eigenvalue weighted by Gasteiger charge is 2.38. The maximum atomic E-state index is 12.5. The van der Waals surface area contributed by atoms with Crippen molar-refractivity contribution in [2.45, 2.75) is 84.2 Å². The Kier molecular flexibility index (Phi) is 6.91. The summed E-state index contributed by atoms with van der Waals surface area (Å²) in [5.41, 5.74) is -0.428. The molecule has 0 aromatic heterocycles. The molecule has 1 aliphatic carbocycles. The van der Waals surface area contributed by atoms with Gasteiger partial charge in [0.25, 0.3) is 0 Å². The Morgan fingerprint density at radius 2 is 1.78 bits per heavy atom. The van der Waals surface area contributed by atoms with Gasteiger partial charge in [-0.05, 0) is 32.1 Å². The van der Waals surface area contributed by atoms with E-state index >= 15 is 0 Å². The smallest absolute Gasteiger partial charge is 0.164 e. The molecule has 0 saturated heterocycles. The van der Waals surface area contributed by atoms with E-state index in [1.807, 2.05) is 6.92 Å². The van der Waals surface area contributed by atoms with E-state index in [4.69, 9.17) is 4.74 Å². The largest absolute Gasteiger partial charge is 0.368 e. The molecule has 0 amide bonds. The molecule has 0 N–H and O–H groups in total. The van der Waals surface area contributed by atoms with Gasteiger partial charge in [-0.2, -0.15) is 0 Å². The molecular weight excluding hydrogens is 224 g/mol. The summed E-state index contributed by atoms with van der Waals surface area (Å²) in [4.78, 5) is 12.5. The van der Waals surface area contributed by atoms with Crippen molar-refractivity contribution < 1.29 is 9.53 Å². The molecule has 1 aliphatic rings. The number of ether oxygens (including phenoxy) is 1. The Morgan fingerprint density at radius 1 is 1.17 bits per heavy atom. The lowest BCUT2D eigenvalue weighted by molar-refractivity contribution is -0.146. The first-order chi connectivity index (χ1) is 8.60. The lowest BCUT2D eigenvalue weighted by Gasteiger charge is -2.31. The number of ketones is 1. The first-order valence-corrected chi connectivity index (χ1v) is 7.78. The van der Waals surface area contributed by atoms with Gasteiger partial charge >= 0.3 is 0 Å². The summed E-state index contributed by atoms with van der Waals surface area (Å²) >= 11 is 0. The highest BCUT2D eigenvalue weighted by atomic mass is 16.5. The molecule has 0 bridgehead atoms. The number of carbonyl (C=O) groups excluding carboxylic acids is 1. The molecule has 1 rings (SSSR count). The lowest BCUT2D eigenvalue weighted by atomic mass is 9.86. The van der Waals surface area contributed by atoms with E-state index in [1.54, 1.807) is 0 Å². The van der Waals surface area contributed by atoms with Crippen LogP contribution < -0.4 is 0 Å². The second-order valence-corrected chi connectivity index (χ2v) is 6.05. The van der Waals surface area contributed by atoms with Gasteiger partial charge < -0.3 is 4.74 Å². The Bertz CT molecular complexity index is 237. The van der Waals surface area contributed by atoms with Crippen molar-refractivity contribution >= 4 is 5.78 Å². The van der Waals surface area contributed by atoms with E-state index in [0.717, 1.165) is 38.5 Å². The third-order valence-electron chi connectivity index (χ3n) is 4.03. The minimum atomic E-state index is -0.428. The van der Waals surface area contributed by atoms with Gasteiger partial charge in [0.2, 0.25) is 0 Å². The molecule has 0 atom stereocenters. The van der Waals surface area contributed by atoms with Gasteiger partial charge in [0.05, 0.1) is 0 Å². The number of rotatable bonds is 7. The van der Waals surface area contributed by atoms with Gasteiger partial charge in [-0.1, -0.05) is 46.0 Å². The molecular formula is C16H30O2. The van der Waals surface area contributed by atoms with E-state index in [9.17, 15) is 4.79 Å². The van der Waals surface area contributed by atoms with Gasteiger partial charge in [-0.15, -0.1) is 0 Å². The van der Waals surface area contributed by atoms with Crippen molar-refractivity contribution in [1.29, 1.82) is 0 Å². The fourth-order valence-corrected chi connectivity index (χ4v) is 2.98. The van der Waals surface area contributed by atoms with Crippen molar-refractivity contribution in [2.75, 3.05) is 6.61 Å². The van der Waals surface area contributed by atoms with Crippen LogP contribution in [0.25, 0.3) is 0 Å². The predicted molar refractivity (Wildman–Crippen MR) is 75.8 cm³/mol. The van der Waals surface area contributed by atoms with Crippen molar-refractivity contribution in [3.8, 4) is 0 Å². The average molecular weight is 254 g/mol. The third kappa shape index (κ3) is 4.72. The minimum Gasteiger partial charge on any atom is -0.368 e. The van der Waals surface area contributed by atoms with Gasteiger partial charge in [-0.3, -0.25) is 4.79 Å². The molecule has 0 aromatic carbocycles. The van der Waals surface area contributed by atoms with Crippen LogP contribution in [0.5, 0.6) is 0 Å². The second kappa shape index (κ2) is 7.93. The normalized spacial score (nSPS) is 19.8. The Hall–Kier alpha value is -0.370. The number of hydrogen-bond donors (Lipinski definition) is 0. The molecule has 1 saturated carbocycles. The fourth-order valence-electron chi connectivity index (χ4n) is 2.98. The molecule has 0 aliphatic heterocycles. The topological polar surface area (TPSA) is 26.3 Å². The van der Waals surface area contributed by atoms with Crippen LogP contribution in [0.4, 0.5) is 0 Å². The van der Waals surface area contributed by atoms with Gasteiger partial charge in [0.15, 0.2) is 5.78 Å². The maximum absolute atomic E-state index is 12.5. The van der Waals surface area contributed by atoms with E-state index < -0.39 is 5.60 Å². The maximum Gasteiger partial charge on any atom is 0.164 e. The molecule has 18 heavy (non-hydrogen) atoms. The second-order valence-electron chi connectivity index (χ2n) is 6.05. The number of hydrogen-bond acceptors (Lipinski definition) is 2. The molecule has 0 spiro atoms. The first-order valence-electron chi connectivity index (χ1n) is 7.78. The van der Waals surface area contributed by atoms with Crippen LogP contribution in [0.15, 0.2) is 0 Å².